The lowest BCUT2D eigenvalue weighted by Gasteiger charge is -2.35. The highest BCUT2D eigenvalue weighted by molar-refractivity contribution is 7.68. The van der Waals surface area contributed by atoms with Crippen LogP contribution in [0.2, 0.25) is 0 Å². The zero-order valence-corrected chi connectivity index (χ0v) is 23.1. The number of aryl methyl sites for hydroxylation is 1. The number of hydrogen-bond donors (Lipinski definition) is 1. The molecule has 3 aromatic heterocycles. The molecule has 0 saturated heterocycles. The van der Waals surface area contributed by atoms with E-state index in [1.807, 2.05) is 75.4 Å². The highest BCUT2D eigenvalue weighted by atomic mass is 32.1. The van der Waals surface area contributed by atoms with Gasteiger partial charge in [0.2, 0.25) is 0 Å². The molecule has 0 aliphatic carbocycles. The van der Waals surface area contributed by atoms with Crippen LogP contribution in [-0.2, 0) is 9.09 Å². The summed E-state index contributed by atoms with van der Waals surface area (Å²) in [6.45, 7) is 5.70. The van der Waals surface area contributed by atoms with E-state index in [-0.39, 0.29) is 10.9 Å². The van der Waals surface area contributed by atoms with Crippen molar-refractivity contribution in [2.75, 3.05) is 11.8 Å². The number of carboxylic acids is 1. The van der Waals surface area contributed by atoms with E-state index in [0.717, 1.165) is 38.4 Å². The first-order chi connectivity index (χ1) is 18.2. The summed E-state index contributed by atoms with van der Waals surface area (Å²) in [5, 5.41) is 10.6. The number of aromatic carboxylic acids is 1. The second-order valence-corrected chi connectivity index (χ2v) is 12.6. The molecule has 5 rings (SSSR count). The summed E-state index contributed by atoms with van der Waals surface area (Å²) in [6, 6.07) is 22.1. The maximum atomic E-state index is 14.3. The maximum Gasteiger partial charge on any atom is 0.348 e. The fourth-order valence-corrected chi connectivity index (χ4v) is 7.70. The Hall–Kier alpha value is -3.71. The molecule has 0 amide bonds. The van der Waals surface area contributed by atoms with E-state index in [4.69, 9.17) is 8.94 Å². The number of benzene rings is 2. The van der Waals surface area contributed by atoms with Gasteiger partial charge in [0.25, 0.3) is 0 Å². The van der Waals surface area contributed by atoms with Gasteiger partial charge >= 0.3 is 13.5 Å². The third kappa shape index (κ3) is 4.67. The number of carboxylic acid groups (broad SMARTS) is 1. The van der Waals surface area contributed by atoms with E-state index in [1.54, 1.807) is 29.1 Å². The molecule has 194 valence electrons. The molecule has 0 spiro atoms. The van der Waals surface area contributed by atoms with Gasteiger partial charge in [-0.2, -0.15) is 0 Å². The van der Waals surface area contributed by atoms with Gasteiger partial charge in [-0.05, 0) is 56.7 Å². The Morgan fingerprint density at radius 3 is 2.34 bits per heavy atom. The molecule has 0 bridgehead atoms. The van der Waals surface area contributed by atoms with E-state index in [1.165, 1.54) is 7.11 Å². The van der Waals surface area contributed by atoms with Crippen LogP contribution in [-0.4, -0.2) is 29.2 Å². The fourth-order valence-electron chi connectivity index (χ4n) is 4.43. The van der Waals surface area contributed by atoms with Crippen LogP contribution in [0.25, 0.3) is 32.9 Å². The molecule has 0 radical (unpaired) electrons. The number of thiophene rings is 1. The lowest BCUT2D eigenvalue weighted by molar-refractivity contribution is 0.0703. The smallest absolute Gasteiger partial charge is 0.348 e. The molecule has 0 saturated carbocycles. The third-order valence-corrected chi connectivity index (χ3v) is 10.1. The second kappa shape index (κ2) is 10.2. The van der Waals surface area contributed by atoms with Crippen molar-refractivity contribution in [1.82, 2.24) is 4.98 Å². The molecule has 7 nitrogen and oxygen atoms in total. The van der Waals surface area contributed by atoms with Crippen LogP contribution in [0.4, 0.5) is 5.69 Å². The number of rotatable bonds is 8. The number of hydrogen-bond acceptors (Lipinski definition) is 6. The summed E-state index contributed by atoms with van der Waals surface area (Å²) in [7, 11) is -2.21. The first kappa shape index (κ1) is 25.9. The predicted molar refractivity (Wildman–Crippen MR) is 153 cm³/mol. The van der Waals surface area contributed by atoms with E-state index in [0.29, 0.717) is 22.3 Å². The fraction of sp³-hybridized carbons (Fsp3) is 0.172. The minimum absolute atomic E-state index is 0.102. The minimum atomic E-state index is -3.61. The molecule has 5 aromatic rings. The van der Waals surface area contributed by atoms with E-state index >= 15 is 0 Å². The molecule has 2 aromatic carbocycles. The number of aromatic nitrogens is 1. The summed E-state index contributed by atoms with van der Waals surface area (Å²) in [5.41, 5.74) is 4.61. The Kier molecular flexibility index (Phi) is 6.97. The van der Waals surface area contributed by atoms with Crippen LogP contribution in [0.3, 0.4) is 0 Å². The van der Waals surface area contributed by atoms with Gasteiger partial charge in [0.05, 0.1) is 11.0 Å². The van der Waals surface area contributed by atoms with Crippen molar-refractivity contribution in [1.29, 1.82) is 0 Å². The molecule has 3 heterocycles. The zero-order chi connectivity index (χ0) is 27.0. The van der Waals surface area contributed by atoms with Crippen LogP contribution in [0.5, 0.6) is 0 Å². The van der Waals surface area contributed by atoms with E-state index in [2.05, 4.69) is 4.98 Å². The van der Waals surface area contributed by atoms with Gasteiger partial charge < -0.3 is 14.0 Å². The third-order valence-electron chi connectivity index (χ3n) is 6.28. The first-order valence-corrected chi connectivity index (χ1v) is 14.5. The number of carbonyl (C=O) groups is 1. The van der Waals surface area contributed by atoms with Gasteiger partial charge in [0, 0.05) is 35.9 Å². The Morgan fingerprint density at radius 1 is 1.05 bits per heavy atom. The maximum absolute atomic E-state index is 14.3. The van der Waals surface area contributed by atoms with Gasteiger partial charge in [-0.25, -0.2) is 4.79 Å². The van der Waals surface area contributed by atoms with Crippen molar-refractivity contribution in [2.45, 2.75) is 26.8 Å². The number of anilines is 1. The summed E-state index contributed by atoms with van der Waals surface area (Å²) < 4.78 is 27.5. The molecule has 38 heavy (non-hydrogen) atoms. The van der Waals surface area contributed by atoms with Crippen LogP contribution >= 0.6 is 18.9 Å². The van der Waals surface area contributed by atoms with Crippen LogP contribution in [0.1, 0.15) is 29.1 Å². The summed E-state index contributed by atoms with van der Waals surface area (Å²) in [4.78, 5) is 17.5. The largest absolute Gasteiger partial charge is 0.477 e. The number of nitrogens with zero attached hydrogens (tertiary/aromatic N) is 2. The second-order valence-electron chi connectivity index (χ2n) is 9.18. The summed E-state index contributed by atoms with van der Waals surface area (Å²) in [6.07, 6.45) is 1.72. The Labute approximate surface area is 224 Å². The quantitative estimate of drug-likeness (QED) is 0.200. The Balaban J connectivity index is 1.56. The van der Waals surface area contributed by atoms with Crippen LogP contribution in [0.15, 0.2) is 83.4 Å². The van der Waals surface area contributed by atoms with E-state index < -0.39 is 13.5 Å². The molecule has 1 unspecified atom stereocenters. The van der Waals surface area contributed by atoms with Gasteiger partial charge in [-0.3, -0.25) is 14.2 Å². The van der Waals surface area contributed by atoms with Gasteiger partial charge in [0.15, 0.2) is 5.58 Å². The van der Waals surface area contributed by atoms with Crippen LogP contribution in [0, 0.1) is 6.92 Å². The average molecular weight is 547 g/mol. The lowest BCUT2D eigenvalue weighted by Crippen LogP contribution is -2.33. The van der Waals surface area contributed by atoms with Crippen molar-refractivity contribution < 1.29 is 23.4 Å². The van der Waals surface area contributed by atoms with Crippen LogP contribution < -0.4 is 9.97 Å². The number of fused-ring (bicyclic) bond motifs is 1. The topological polar surface area (TPSA) is 92.9 Å². The van der Waals surface area contributed by atoms with Crippen molar-refractivity contribution in [3.05, 3.63) is 89.4 Å². The molecule has 1 atom stereocenters. The molecule has 0 fully saturated rings. The van der Waals surface area contributed by atoms with Gasteiger partial charge in [0.1, 0.15) is 16.2 Å². The van der Waals surface area contributed by atoms with Gasteiger partial charge in [-0.1, -0.05) is 42.0 Å². The standard InChI is InChI=1S/C29H27N2O5PS/c1-18(2)31(37(34,35-4)22-13-7-19(3)8-14-22)24-17-27(38-28(24)29(32)33)21-11-9-20(10-12-21)26-16-23-25(36-26)6-5-15-30-23/h5-18H,1-4H3,(H,32,33). The number of pyridine rings is 1. The first-order valence-electron chi connectivity index (χ1n) is 12.1. The van der Waals surface area contributed by atoms with Crippen molar-refractivity contribution in [3.8, 4) is 21.8 Å². The molecule has 1 N–H and O–H groups in total. The predicted octanol–water partition coefficient (Wildman–Crippen LogP) is 7.61. The molecular weight excluding hydrogens is 519 g/mol. The minimum Gasteiger partial charge on any atom is -0.477 e. The van der Waals surface area contributed by atoms with Crippen molar-refractivity contribution >= 4 is 46.9 Å². The van der Waals surface area contributed by atoms with E-state index in [9.17, 15) is 14.5 Å². The highest BCUT2D eigenvalue weighted by Gasteiger charge is 2.38. The lowest BCUT2D eigenvalue weighted by atomic mass is 10.1. The van der Waals surface area contributed by atoms with Gasteiger partial charge in [-0.15, -0.1) is 11.3 Å². The van der Waals surface area contributed by atoms with Crippen molar-refractivity contribution in [3.63, 3.8) is 0 Å². The highest BCUT2D eigenvalue weighted by Crippen LogP contribution is 2.55. The SMILES string of the molecule is COP(=O)(c1ccc(C)cc1)N(c1cc(-c2ccc(-c3cc4ncccc4o3)cc2)sc1C(=O)O)C(C)C. The Morgan fingerprint density at radius 2 is 1.74 bits per heavy atom. The summed E-state index contributed by atoms with van der Waals surface area (Å²) >= 11 is 1.14. The number of furan rings is 1. The molecular formula is C29H27N2O5PS. The molecule has 9 heteroatoms. The zero-order valence-electron chi connectivity index (χ0n) is 21.4. The normalized spacial score (nSPS) is 13.1. The Bertz CT molecular complexity index is 1620. The monoisotopic (exact) mass is 546 g/mol. The average Bonchev–Trinajstić information content (AvgIpc) is 3.54. The van der Waals surface area contributed by atoms with Crippen molar-refractivity contribution in [2.24, 2.45) is 0 Å². The summed E-state index contributed by atoms with van der Waals surface area (Å²) in [5.74, 6) is -0.381. The molecule has 0 aliphatic heterocycles. The molecule has 0 aliphatic rings.